The van der Waals surface area contributed by atoms with Gasteiger partial charge in [-0.3, -0.25) is 0 Å². The van der Waals surface area contributed by atoms with Crippen LogP contribution in [0.5, 0.6) is 0 Å². The molecule has 7 atom stereocenters. The number of aliphatic hydroxyl groups excluding tert-OH is 5. The lowest BCUT2D eigenvalue weighted by Crippen LogP contribution is -2.59. The zero-order valence-corrected chi connectivity index (χ0v) is 31.7. The van der Waals surface area contributed by atoms with Crippen molar-refractivity contribution in [2.45, 2.75) is 211 Å². The molecule has 2 saturated heterocycles. The number of allylic oxidation sites excluding steroid dienone is 1. The Morgan fingerprint density at radius 3 is 1.80 bits per heavy atom. The lowest BCUT2D eigenvalue weighted by Gasteiger charge is -2.40. The van der Waals surface area contributed by atoms with E-state index in [2.05, 4.69) is 6.92 Å². The molecule has 9 heteroatoms. The number of aliphatic hydroxyl groups is 5. The third kappa shape index (κ3) is 20.6. The summed E-state index contributed by atoms with van der Waals surface area (Å²) in [5, 5.41) is 51.2. The van der Waals surface area contributed by atoms with Gasteiger partial charge in [0.1, 0.15) is 24.4 Å². The topological polar surface area (TPSA) is 129 Å². The summed E-state index contributed by atoms with van der Waals surface area (Å²) in [4.78, 5) is 0. The molecule has 50 heavy (non-hydrogen) atoms. The van der Waals surface area contributed by atoms with Crippen LogP contribution in [0, 0.1) is 11.8 Å². The SMILES string of the molecule is CCCCCCCCCCCCCCCC(O)C(/C=C(/F)CCCCCCCCCCC1CCOCC1)COC1OC(CO)C(O)C(O)C1O. The first-order valence-electron chi connectivity index (χ1n) is 20.9. The molecule has 0 spiro atoms. The molecule has 8 nitrogen and oxygen atoms in total. The average molecular weight is 717 g/mol. The smallest absolute Gasteiger partial charge is 0.186 e. The second-order valence-electron chi connectivity index (χ2n) is 15.3. The maximum Gasteiger partial charge on any atom is 0.186 e. The fraction of sp³-hybridized carbons (Fsp3) is 0.951. The van der Waals surface area contributed by atoms with E-state index in [1.807, 2.05) is 0 Å². The summed E-state index contributed by atoms with van der Waals surface area (Å²) in [5.74, 6) is -0.0725. The number of ether oxygens (including phenoxy) is 3. The van der Waals surface area contributed by atoms with Gasteiger partial charge in [0.25, 0.3) is 0 Å². The fourth-order valence-corrected chi connectivity index (χ4v) is 7.40. The molecule has 0 bridgehead atoms. The van der Waals surface area contributed by atoms with Crippen LogP contribution in [0.2, 0.25) is 0 Å². The Balaban J connectivity index is 1.69. The zero-order valence-electron chi connectivity index (χ0n) is 31.7. The highest BCUT2D eigenvalue weighted by Gasteiger charge is 2.44. The Labute approximate surface area is 304 Å². The van der Waals surface area contributed by atoms with Crippen LogP contribution in [-0.4, -0.2) is 88.8 Å². The lowest BCUT2D eigenvalue weighted by atomic mass is 9.93. The monoisotopic (exact) mass is 717 g/mol. The van der Waals surface area contributed by atoms with Gasteiger partial charge < -0.3 is 39.7 Å². The highest BCUT2D eigenvalue weighted by atomic mass is 19.1. The molecule has 0 aliphatic carbocycles. The molecule has 0 aromatic heterocycles. The van der Waals surface area contributed by atoms with Gasteiger partial charge in [-0.05, 0) is 44.1 Å². The zero-order chi connectivity index (χ0) is 36.2. The minimum atomic E-state index is -1.55. The molecule has 0 aromatic carbocycles. The predicted octanol–water partition coefficient (Wildman–Crippen LogP) is 8.44. The third-order valence-electron chi connectivity index (χ3n) is 10.9. The van der Waals surface area contributed by atoms with Gasteiger partial charge in [-0.2, -0.15) is 0 Å². The van der Waals surface area contributed by atoms with Gasteiger partial charge in [0.15, 0.2) is 6.29 Å². The van der Waals surface area contributed by atoms with Crippen molar-refractivity contribution in [3.05, 3.63) is 11.9 Å². The molecule has 0 amide bonds. The summed E-state index contributed by atoms with van der Waals surface area (Å²) in [5.41, 5.74) is 0. The predicted molar refractivity (Wildman–Crippen MR) is 198 cm³/mol. The van der Waals surface area contributed by atoms with Crippen molar-refractivity contribution in [3.8, 4) is 0 Å². The Morgan fingerprint density at radius 2 is 1.24 bits per heavy atom. The van der Waals surface area contributed by atoms with E-state index in [4.69, 9.17) is 14.2 Å². The van der Waals surface area contributed by atoms with Crippen LogP contribution in [0.15, 0.2) is 11.9 Å². The van der Waals surface area contributed by atoms with Gasteiger partial charge >= 0.3 is 0 Å². The molecule has 2 fully saturated rings. The standard InChI is InChI=1S/C41H77FO8/c1-2-3-4-5-6-7-8-9-10-11-16-19-22-25-36(44)34(32-49-41-40(47)39(46)38(45)37(31-43)50-41)30-35(42)24-21-18-15-13-12-14-17-20-23-33-26-28-48-29-27-33/h30,33-34,36-41,43-47H,2-29,31-32H2,1H3/b35-30+. The second-order valence-corrected chi connectivity index (χ2v) is 15.3. The minimum Gasteiger partial charge on any atom is -0.394 e. The lowest BCUT2D eigenvalue weighted by molar-refractivity contribution is -0.303. The van der Waals surface area contributed by atoms with E-state index in [-0.39, 0.29) is 12.4 Å². The van der Waals surface area contributed by atoms with Crippen molar-refractivity contribution < 1.29 is 44.1 Å². The Kier molecular flexibility index (Phi) is 27.1. The number of hydrogen-bond acceptors (Lipinski definition) is 8. The molecular weight excluding hydrogens is 639 g/mol. The van der Waals surface area contributed by atoms with Gasteiger partial charge in [0.2, 0.25) is 0 Å². The number of halogens is 1. The average Bonchev–Trinajstić information content (AvgIpc) is 3.12. The molecule has 5 N–H and O–H groups in total. The van der Waals surface area contributed by atoms with Crippen LogP contribution in [0.4, 0.5) is 4.39 Å². The van der Waals surface area contributed by atoms with Crippen molar-refractivity contribution in [1.82, 2.24) is 0 Å². The molecule has 2 rings (SSSR count). The van der Waals surface area contributed by atoms with E-state index in [0.717, 1.165) is 57.7 Å². The molecule has 2 aliphatic rings. The van der Waals surface area contributed by atoms with E-state index < -0.39 is 49.3 Å². The summed E-state index contributed by atoms with van der Waals surface area (Å²) < 4.78 is 31.8. The van der Waals surface area contributed by atoms with E-state index in [0.29, 0.717) is 12.8 Å². The number of unbranched alkanes of at least 4 members (excludes halogenated alkanes) is 19. The van der Waals surface area contributed by atoms with Gasteiger partial charge in [-0.25, -0.2) is 4.39 Å². The molecule has 0 aromatic rings. The highest BCUT2D eigenvalue weighted by Crippen LogP contribution is 2.26. The first kappa shape index (κ1) is 45.5. The minimum absolute atomic E-state index is 0.121. The molecular formula is C41H77FO8. The third-order valence-corrected chi connectivity index (χ3v) is 10.9. The van der Waals surface area contributed by atoms with Crippen LogP contribution < -0.4 is 0 Å². The van der Waals surface area contributed by atoms with Gasteiger partial charge in [0.05, 0.1) is 25.1 Å². The van der Waals surface area contributed by atoms with Gasteiger partial charge in [0, 0.05) is 19.1 Å². The highest BCUT2D eigenvalue weighted by molar-refractivity contribution is 4.99. The van der Waals surface area contributed by atoms with Gasteiger partial charge in [-0.1, -0.05) is 142 Å². The van der Waals surface area contributed by atoms with E-state index in [9.17, 15) is 25.5 Å². The van der Waals surface area contributed by atoms with Crippen LogP contribution in [0.3, 0.4) is 0 Å². The van der Waals surface area contributed by atoms with Crippen molar-refractivity contribution in [1.29, 1.82) is 0 Å². The van der Waals surface area contributed by atoms with E-state index in [1.165, 1.54) is 122 Å². The summed E-state index contributed by atoms with van der Waals surface area (Å²) in [6.07, 6.45) is 23.4. The fourth-order valence-electron chi connectivity index (χ4n) is 7.40. The number of hydrogen-bond donors (Lipinski definition) is 5. The summed E-state index contributed by atoms with van der Waals surface area (Å²) in [6, 6.07) is 0. The molecule has 2 aliphatic heterocycles. The molecule has 7 unspecified atom stereocenters. The van der Waals surface area contributed by atoms with Crippen LogP contribution in [-0.2, 0) is 14.2 Å². The molecule has 296 valence electrons. The Bertz CT molecular complexity index is 807. The van der Waals surface area contributed by atoms with Crippen molar-refractivity contribution in [3.63, 3.8) is 0 Å². The Morgan fingerprint density at radius 1 is 0.720 bits per heavy atom. The molecule has 2 heterocycles. The summed E-state index contributed by atoms with van der Waals surface area (Å²) in [7, 11) is 0. The first-order valence-corrected chi connectivity index (χ1v) is 20.9. The second kappa shape index (κ2) is 29.8. The van der Waals surface area contributed by atoms with E-state index >= 15 is 4.39 Å². The quantitative estimate of drug-likeness (QED) is 0.0453. The summed E-state index contributed by atoms with van der Waals surface area (Å²) in [6.45, 7) is 3.43. The number of rotatable bonds is 31. The van der Waals surface area contributed by atoms with Crippen LogP contribution in [0.1, 0.15) is 174 Å². The van der Waals surface area contributed by atoms with Crippen molar-refractivity contribution >= 4 is 0 Å². The maximum absolute atomic E-state index is 15.1. The van der Waals surface area contributed by atoms with Crippen LogP contribution in [0.25, 0.3) is 0 Å². The molecule has 0 saturated carbocycles. The first-order chi connectivity index (χ1) is 24.4. The molecule has 0 radical (unpaired) electrons. The summed E-state index contributed by atoms with van der Waals surface area (Å²) >= 11 is 0. The maximum atomic E-state index is 15.1. The van der Waals surface area contributed by atoms with Gasteiger partial charge in [-0.15, -0.1) is 0 Å². The van der Waals surface area contributed by atoms with Crippen molar-refractivity contribution in [2.75, 3.05) is 26.4 Å². The largest absolute Gasteiger partial charge is 0.394 e. The normalized spacial score (nSPS) is 24.9. The van der Waals surface area contributed by atoms with E-state index in [1.54, 1.807) is 0 Å². The Hall–Kier alpha value is -0.650. The van der Waals surface area contributed by atoms with Crippen molar-refractivity contribution in [2.24, 2.45) is 11.8 Å². The van der Waals surface area contributed by atoms with Crippen LogP contribution >= 0.6 is 0 Å².